The standard InChI is InChI=1S/C17H20N8O/c1-10-6-11(7-15(21-10)24-4-2-3-5-24)22-14-8-13(18)25-17(23-14)12(9-20-25)16(19)26/h6-9H,2-5,18H2,1H3,(H2,19,26)(H,21,22,23). The summed E-state index contributed by atoms with van der Waals surface area (Å²) >= 11 is 0. The van der Waals surface area contributed by atoms with Crippen LogP contribution in [0.4, 0.5) is 23.1 Å². The average molecular weight is 352 g/mol. The van der Waals surface area contributed by atoms with E-state index in [4.69, 9.17) is 11.5 Å². The number of nitrogens with zero attached hydrogens (tertiary/aromatic N) is 5. The molecule has 0 radical (unpaired) electrons. The second-order valence-corrected chi connectivity index (χ2v) is 6.40. The zero-order valence-electron chi connectivity index (χ0n) is 14.4. The van der Waals surface area contributed by atoms with E-state index in [2.05, 4.69) is 25.3 Å². The molecule has 1 saturated heterocycles. The van der Waals surface area contributed by atoms with Gasteiger partial charge in [0.2, 0.25) is 0 Å². The Morgan fingerprint density at radius 3 is 2.69 bits per heavy atom. The first-order valence-electron chi connectivity index (χ1n) is 8.46. The molecule has 4 heterocycles. The molecule has 0 bridgehead atoms. The van der Waals surface area contributed by atoms with E-state index in [0.29, 0.717) is 17.3 Å². The number of hydrogen-bond donors (Lipinski definition) is 3. The highest BCUT2D eigenvalue weighted by atomic mass is 16.1. The van der Waals surface area contributed by atoms with E-state index < -0.39 is 5.91 Å². The minimum Gasteiger partial charge on any atom is -0.383 e. The van der Waals surface area contributed by atoms with Gasteiger partial charge in [-0.2, -0.15) is 9.61 Å². The molecule has 0 atom stereocenters. The lowest BCUT2D eigenvalue weighted by atomic mass is 10.3. The third-order valence-corrected chi connectivity index (χ3v) is 4.41. The summed E-state index contributed by atoms with van der Waals surface area (Å²) < 4.78 is 1.39. The van der Waals surface area contributed by atoms with E-state index in [1.807, 2.05) is 19.1 Å². The molecule has 1 fully saturated rings. The van der Waals surface area contributed by atoms with Crippen molar-refractivity contribution in [3.8, 4) is 0 Å². The number of carbonyl (C=O) groups excluding carboxylic acids is 1. The minimum atomic E-state index is -0.597. The van der Waals surface area contributed by atoms with Gasteiger partial charge in [-0.05, 0) is 25.8 Å². The normalized spacial score (nSPS) is 14.1. The fraction of sp³-hybridized carbons (Fsp3) is 0.294. The Labute approximate surface area is 150 Å². The van der Waals surface area contributed by atoms with Crippen molar-refractivity contribution in [1.82, 2.24) is 19.6 Å². The predicted molar refractivity (Wildman–Crippen MR) is 99.6 cm³/mol. The molecular weight excluding hydrogens is 332 g/mol. The largest absolute Gasteiger partial charge is 0.383 e. The lowest BCUT2D eigenvalue weighted by molar-refractivity contribution is 0.100. The summed E-state index contributed by atoms with van der Waals surface area (Å²) in [6.07, 6.45) is 3.74. The van der Waals surface area contributed by atoms with Crippen LogP contribution in [0, 0.1) is 6.92 Å². The Balaban J connectivity index is 1.70. The fourth-order valence-corrected chi connectivity index (χ4v) is 3.20. The summed E-state index contributed by atoms with van der Waals surface area (Å²) in [5, 5.41) is 7.30. The number of pyridine rings is 1. The van der Waals surface area contributed by atoms with Crippen LogP contribution in [-0.2, 0) is 0 Å². The van der Waals surface area contributed by atoms with Gasteiger partial charge in [0.15, 0.2) is 5.65 Å². The highest BCUT2D eigenvalue weighted by Crippen LogP contribution is 2.25. The van der Waals surface area contributed by atoms with Gasteiger partial charge in [-0.1, -0.05) is 0 Å². The van der Waals surface area contributed by atoms with Crippen LogP contribution in [0.2, 0.25) is 0 Å². The molecule has 0 saturated carbocycles. The van der Waals surface area contributed by atoms with E-state index in [1.165, 1.54) is 23.6 Å². The quantitative estimate of drug-likeness (QED) is 0.648. The summed E-state index contributed by atoms with van der Waals surface area (Å²) in [7, 11) is 0. The summed E-state index contributed by atoms with van der Waals surface area (Å²) in [5.41, 5.74) is 13.7. The number of carbonyl (C=O) groups is 1. The molecule has 26 heavy (non-hydrogen) atoms. The second-order valence-electron chi connectivity index (χ2n) is 6.40. The maximum Gasteiger partial charge on any atom is 0.254 e. The number of aromatic nitrogens is 4. The smallest absolute Gasteiger partial charge is 0.254 e. The molecule has 0 aromatic carbocycles. The molecule has 5 N–H and O–H groups in total. The van der Waals surface area contributed by atoms with Gasteiger partial charge in [0.1, 0.15) is 23.0 Å². The van der Waals surface area contributed by atoms with Crippen LogP contribution in [-0.4, -0.2) is 38.6 Å². The van der Waals surface area contributed by atoms with Crippen molar-refractivity contribution in [3.05, 3.63) is 35.7 Å². The van der Waals surface area contributed by atoms with Gasteiger partial charge in [-0.3, -0.25) is 4.79 Å². The maximum absolute atomic E-state index is 11.5. The van der Waals surface area contributed by atoms with Gasteiger partial charge in [0.25, 0.3) is 5.91 Å². The van der Waals surface area contributed by atoms with Crippen LogP contribution in [0.5, 0.6) is 0 Å². The highest BCUT2D eigenvalue weighted by molar-refractivity contribution is 5.98. The molecule has 1 amide bonds. The molecule has 134 valence electrons. The summed E-state index contributed by atoms with van der Waals surface area (Å²) in [6.45, 7) is 3.99. The first-order valence-corrected chi connectivity index (χ1v) is 8.46. The number of hydrogen-bond acceptors (Lipinski definition) is 7. The van der Waals surface area contributed by atoms with Crippen molar-refractivity contribution in [2.24, 2.45) is 5.73 Å². The third kappa shape index (κ3) is 2.87. The molecule has 4 rings (SSSR count). The van der Waals surface area contributed by atoms with Crippen LogP contribution in [0.15, 0.2) is 24.4 Å². The molecule has 9 nitrogen and oxygen atoms in total. The minimum absolute atomic E-state index is 0.226. The molecule has 0 aliphatic carbocycles. The lowest BCUT2D eigenvalue weighted by Crippen LogP contribution is -2.19. The molecule has 0 unspecified atom stereocenters. The summed E-state index contributed by atoms with van der Waals surface area (Å²) in [4.78, 5) is 22.9. The molecule has 3 aromatic heterocycles. The molecule has 0 spiro atoms. The van der Waals surface area contributed by atoms with E-state index in [0.717, 1.165) is 30.3 Å². The fourth-order valence-electron chi connectivity index (χ4n) is 3.20. The van der Waals surface area contributed by atoms with Crippen molar-refractivity contribution in [2.75, 3.05) is 29.0 Å². The van der Waals surface area contributed by atoms with Crippen molar-refractivity contribution >= 4 is 34.7 Å². The van der Waals surface area contributed by atoms with Crippen LogP contribution in [0.25, 0.3) is 5.65 Å². The summed E-state index contributed by atoms with van der Waals surface area (Å²) in [6, 6.07) is 5.59. The number of aryl methyl sites for hydroxylation is 1. The first-order chi connectivity index (χ1) is 12.5. The van der Waals surface area contributed by atoms with Gasteiger partial charge in [0.05, 0.1) is 6.20 Å². The zero-order valence-corrected chi connectivity index (χ0v) is 14.4. The summed E-state index contributed by atoms with van der Waals surface area (Å²) in [5.74, 6) is 1.22. The van der Waals surface area contributed by atoms with E-state index in [9.17, 15) is 4.79 Å². The van der Waals surface area contributed by atoms with Gasteiger partial charge in [0, 0.05) is 36.6 Å². The van der Waals surface area contributed by atoms with Crippen molar-refractivity contribution < 1.29 is 4.79 Å². The second kappa shape index (κ2) is 6.17. The lowest BCUT2D eigenvalue weighted by Gasteiger charge is -2.18. The van der Waals surface area contributed by atoms with Crippen molar-refractivity contribution in [3.63, 3.8) is 0 Å². The van der Waals surface area contributed by atoms with Crippen LogP contribution < -0.4 is 21.7 Å². The van der Waals surface area contributed by atoms with Crippen LogP contribution in [0.1, 0.15) is 28.9 Å². The SMILES string of the molecule is Cc1cc(Nc2cc(N)n3ncc(C(N)=O)c3n2)cc(N2CCCC2)n1. The Kier molecular flexibility index (Phi) is 3.83. The molecule has 9 heteroatoms. The van der Waals surface area contributed by atoms with Crippen LogP contribution in [0.3, 0.4) is 0 Å². The average Bonchev–Trinajstić information content (AvgIpc) is 3.24. The topological polar surface area (TPSA) is 127 Å². The number of primary amides is 1. The van der Waals surface area contributed by atoms with Gasteiger partial charge in [-0.15, -0.1) is 0 Å². The highest BCUT2D eigenvalue weighted by Gasteiger charge is 2.16. The Morgan fingerprint density at radius 1 is 1.19 bits per heavy atom. The monoisotopic (exact) mass is 352 g/mol. The molecule has 1 aliphatic heterocycles. The Morgan fingerprint density at radius 2 is 1.96 bits per heavy atom. The number of fused-ring (bicyclic) bond motifs is 1. The number of nitrogens with one attached hydrogen (secondary N) is 1. The Hall–Kier alpha value is -3.36. The molecule has 3 aromatic rings. The van der Waals surface area contributed by atoms with E-state index in [-0.39, 0.29) is 5.56 Å². The number of rotatable bonds is 4. The predicted octanol–water partition coefficient (Wildman–Crippen LogP) is 1.46. The van der Waals surface area contributed by atoms with Gasteiger partial charge in [-0.25, -0.2) is 9.97 Å². The number of anilines is 4. The number of nitrogen functional groups attached to an aromatic ring is 1. The van der Waals surface area contributed by atoms with Crippen molar-refractivity contribution in [2.45, 2.75) is 19.8 Å². The third-order valence-electron chi connectivity index (χ3n) is 4.41. The van der Waals surface area contributed by atoms with Crippen LogP contribution >= 0.6 is 0 Å². The van der Waals surface area contributed by atoms with E-state index in [1.54, 1.807) is 6.07 Å². The van der Waals surface area contributed by atoms with Gasteiger partial charge >= 0.3 is 0 Å². The molecule has 1 aliphatic rings. The van der Waals surface area contributed by atoms with Gasteiger partial charge < -0.3 is 21.7 Å². The maximum atomic E-state index is 11.5. The van der Waals surface area contributed by atoms with E-state index >= 15 is 0 Å². The number of amides is 1. The Bertz CT molecular complexity index is 990. The first kappa shape index (κ1) is 16.1. The van der Waals surface area contributed by atoms with Crippen molar-refractivity contribution in [1.29, 1.82) is 0 Å². The molecular formula is C17H20N8O. The zero-order chi connectivity index (χ0) is 18.3. The number of nitrogens with two attached hydrogens (primary N) is 2.